The Morgan fingerprint density at radius 1 is 0.455 bits per heavy atom. The summed E-state index contributed by atoms with van der Waals surface area (Å²) in [7, 11) is 0. The number of allylic oxidation sites excluding steroid dienone is 4. The van der Waals surface area contributed by atoms with Gasteiger partial charge in [0.25, 0.3) is 0 Å². The molecular formula is C64H55NS. The fourth-order valence-corrected chi connectivity index (χ4v) is 12.9. The summed E-state index contributed by atoms with van der Waals surface area (Å²) in [4.78, 5) is 2.53. The second-order valence-electron chi connectivity index (χ2n) is 20.8. The van der Waals surface area contributed by atoms with Crippen molar-refractivity contribution in [2.24, 2.45) is 5.41 Å². The molecule has 1 nitrogen and oxygen atoms in total. The van der Waals surface area contributed by atoms with Gasteiger partial charge in [-0.25, -0.2) is 0 Å². The minimum Gasteiger partial charge on any atom is -0.309 e. The minimum absolute atomic E-state index is 0.112. The molecule has 0 saturated heterocycles. The van der Waals surface area contributed by atoms with Crippen molar-refractivity contribution in [1.82, 2.24) is 0 Å². The topological polar surface area (TPSA) is 3.24 Å². The third kappa shape index (κ3) is 6.25. The molecule has 0 N–H and O–H groups in total. The number of rotatable bonds is 6. The van der Waals surface area contributed by atoms with Gasteiger partial charge in [0.05, 0.1) is 11.4 Å². The van der Waals surface area contributed by atoms with Crippen LogP contribution in [0.1, 0.15) is 89.1 Å². The highest BCUT2D eigenvalue weighted by Gasteiger charge is 2.39. The van der Waals surface area contributed by atoms with E-state index >= 15 is 0 Å². The van der Waals surface area contributed by atoms with Crippen LogP contribution in [-0.4, -0.2) is 0 Å². The van der Waals surface area contributed by atoms with Gasteiger partial charge in [-0.15, -0.1) is 11.3 Å². The largest absolute Gasteiger partial charge is 0.309 e. The zero-order valence-corrected chi connectivity index (χ0v) is 39.9. The number of para-hydroxylation sites is 1. The predicted octanol–water partition coefficient (Wildman–Crippen LogP) is 18.6. The molecule has 2 heteroatoms. The third-order valence-electron chi connectivity index (χ3n) is 15.3. The van der Waals surface area contributed by atoms with Crippen LogP contribution in [0.15, 0.2) is 188 Å². The van der Waals surface area contributed by atoms with Crippen LogP contribution in [0.25, 0.3) is 70.3 Å². The van der Waals surface area contributed by atoms with Crippen molar-refractivity contribution >= 4 is 54.1 Å². The summed E-state index contributed by atoms with van der Waals surface area (Å²) in [5, 5.41) is 2.65. The Balaban J connectivity index is 1.00. The van der Waals surface area contributed by atoms with E-state index in [0.717, 1.165) is 24.2 Å². The molecule has 3 aliphatic rings. The molecule has 322 valence electrons. The van der Waals surface area contributed by atoms with Gasteiger partial charge in [-0.05, 0) is 127 Å². The van der Waals surface area contributed by atoms with Gasteiger partial charge in [0.15, 0.2) is 0 Å². The maximum atomic E-state index is 2.53. The zero-order valence-electron chi connectivity index (χ0n) is 39.1. The Labute approximate surface area is 394 Å². The van der Waals surface area contributed by atoms with Crippen LogP contribution >= 0.6 is 11.3 Å². The van der Waals surface area contributed by atoms with E-state index in [1.807, 2.05) is 11.3 Å². The van der Waals surface area contributed by atoms with Gasteiger partial charge in [0.2, 0.25) is 0 Å². The highest BCUT2D eigenvalue weighted by atomic mass is 32.1. The first kappa shape index (κ1) is 40.7. The average molecular weight is 870 g/mol. The van der Waals surface area contributed by atoms with E-state index < -0.39 is 0 Å². The van der Waals surface area contributed by atoms with E-state index in [9.17, 15) is 0 Å². The number of hydrogen-bond acceptors (Lipinski definition) is 2. The molecule has 1 aromatic heterocycles. The smallest absolute Gasteiger partial charge is 0.0543 e. The summed E-state index contributed by atoms with van der Waals surface area (Å²) >= 11 is 1.89. The van der Waals surface area contributed by atoms with Crippen molar-refractivity contribution < 1.29 is 0 Å². The Hall–Kier alpha value is -6.74. The van der Waals surface area contributed by atoms with Crippen molar-refractivity contribution in [3.63, 3.8) is 0 Å². The number of hydrogen-bond donors (Lipinski definition) is 0. The molecule has 0 atom stereocenters. The van der Waals surface area contributed by atoms with E-state index in [-0.39, 0.29) is 16.2 Å². The first-order valence-electron chi connectivity index (χ1n) is 23.7. The fraction of sp³-hybridized carbons (Fsp3) is 0.188. The molecule has 0 saturated carbocycles. The number of nitrogens with zero attached hydrogens (tertiary/aromatic N) is 1. The molecule has 3 aliphatic carbocycles. The van der Waals surface area contributed by atoms with Gasteiger partial charge < -0.3 is 4.90 Å². The van der Waals surface area contributed by atoms with Crippen molar-refractivity contribution in [1.29, 1.82) is 0 Å². The summed E-state index contributed by atoms with van der Waals surface area (Å²) in [6, 6.07) is 64.4. The molecule has 0 radical (unpaired) electrons. The molecule has 0 unspecified atom stereocenters. The molecule has 66 heavy (non-hydrogen) atoms. The Morgan fingerprint density at radius 2 is 1.09 bits per heavy atom. The molecule has 0 fully saturated rings. The molecule has 8 aromatic carbocycles. The van der Waals surface area contributed by atoms with Gasteiger partial charge in [0, 0.05) is 47.8 Å². The number of fused-ring (bicyclic) bond motifs is 9. The standard InChI is InChI=1S/C64H55NS/c1-62(2,3)44-32-26-40(27-33-44)42-30-36-48-52-38-43(31-37-54(52)64(6,7)56(48)39-42)46-16-9-12-23-57(46)65(58-24-15-22-55-60(58)51-18-8-11-21-53(51)63(55,4)5)45-34-28-41(29-35-45)47-19-14-20-50-49-17-10-13-25-59(49)66-61(47)50/h8-26,28-32,34-39H,27,33H2,1-7H3. The lowest BCUT2D eigenvalue weighted by Gasteiger charge is -2.31. The van der Waals surface area contributed by atoms with Gasteiger partial charge in [-0.2, -0.15) is 0 Å². The highest BCUT2D eigenvalue weighted by Crippen LogP contribution is 2.56. The van der Waals surface area contributed by atoms with Crippen LogP contribution in [-0.2, 0) is 10.8 Å². The normalized spacial score (nSPS) is 15.5. The van der Waals surface area contributed by atoms with Gasteiger partial charge in [-0.1, -0.05) is 194 Å². The highest BCUT2D eigenvalue weighted by molar-refractivity contribution is 7.26. The van der Waals surface area contributed by atoms with Crippen LogP contribution in [0.4, 0.5) is 17.1 Å². The second kappa shape index (κ2) is 14.9. The fourth-order valence-electron chi connectivity index (χ4n) is 11.6. The van der Waals surface area contributed by atoms with Crippen LogP contribution in [0.5, 0.6) is 0 Å². The monoisotopic (exact) mass is 869 g/mol. The van der Waals surface area contributed by atoms with E-state index in [0.29, 0.717) is 0 Å². The van der Waals surface area contributed by atoms with Crippen molar-refractivity contribution in [3.8, 4) is 44.5 Å². The van der Waals surface area contributed by atoms with Crippen LogP contribution < -0.4 is 4.90 Å². The Morgan fingerprint density at radius 3 is 1.89 bits per heavy atom. The lowest BCUT2D eigenvalue weighted by molar-refractivity contribution is 0.482. The molecule has 1 heterocycles. The maximum Gasteiger partial charge on any atom is 0.0543 e. The maximum absolute atomic E-state index is 2.53. The van der Waals surface area contributed by atoms with E-state index in [1.54, 1.807) is 0 Å². The van der Waals surface area contributed by atoms with Crippen LogP contribution in [0.3, 0.4) is 0 Å². The molecule has 0 amide bonds. The number of thiophene rings is 1. The molecular weight excluding hydrogens is 815 g/mol. The van der Waals surface area contributed by atoms with Crippen molar-refractivity contribution in [2.45, 2.75) is 72.1 Å². The Bertz CT molecular complexity index is 3510. The predicted molar refractivity (Wildman–Crippen MR) is 285 cm³/mol. The first-order chi connectivity index (χ1) is 31.9. The summed E-state index contributed by atoms with van der Waals surface area (Å²) in [6.45, 7) is 16.6. The number of benzene rings is 8. The third-order valence-corrected chi connectivity index (χ3v) is 16.5. The van der Waals surface area contributed by atoms with Gasteiger partial charge >= 0.3 is 0 Å². The quantitative estimate of drug-likeness (QED) is 0.161. The summed E-state index contributed by atoms with van der Waals surface area (Å²) in [6.07, 6.45) is 6.97. The summed E-state index contributed by atoms with van der Waals surface area (Å²) in [5.74, 6) is 0. The van der Waals surface area contributed by atoms with Crippen LogP contribution in [0, 0.1) is 5.41 Å². The lowest BCUT2D eigenvalue weighted by atomic mass is 9.78. The van der Waals surface area contributed by atoms with E-state index in [1.165, 1.54) is 109 Å². The molecule has 9 aromatic rings. The van der Waals surface area contributed by atoms with Gasteiger partial charge in [0.1, 0.15) is 0 Å². The van der Waals surface area contributed by atoms with E-state index in [2.05, 4.69) is 235 Å². The molecule has 0 aliphatic heterocycles. The average Bonchev–Trinajstić information content (AvgIpc) is 3.91. The summed E-state index contributed by atoms with van der Waals surface area (Å²) < 4.78 is 2.66. The van der Waals surface area contributed by atoms with Gasteiger partial charge in [-0.3, -0.25) is 0 Å². The second-order valence-corrected chi connectivity index (χ2v) is 21.9. The Kier molecular flexibility index (Phi) is 9.19. The first-order valence-corrected chi connectivity index (χ1v) is 24.5. The zero-order chi connectivity index (χ0) is 45.1. The summed E-state index contributed by atoms with van der Waals surface area (Å²) in [5.41, 5.74) is 23.6. The molecule has 12 rings (SSSR count). The SMILES string of the molecule is CC(C)(C)C1=CC=C(c2ccc3c(c2)C(C)(C)c2ccc(-c4ccccc4N(c4ccc(-c5cccc6c5sc5ccccc56)cc4)c4cccc5c4-c4ccccc4C5(C)C)cc2-3)CC1. The van der Waals surface area contributed by atoms with Crippen LogP contribution in [0.2, 0.25) is 0 Å². The van der Waals surface area contributed by atoms with E-state index in [4.69, 9.17) is 0 Å². The number of anilines is 3. The molecule has 0 spiro atoms. The van der Waals surface area contributed by atoms with Crippen molar-refractivity contribution in [3.05, 3.63) is 215 Å². The minimum atomic E-state index is -0.125. The van der Waals surface area contributed by atoms with Crippen molar-refractivity contribution in [2.75, 3.05) is 4.90 Å². The lowest BCUT2D eigenvalue weighted by Crippen LogP contribution is -2.16. The molecule has 0 bridgehead atoms.